The number of amides is 1. The molecule has 1 saturated heterocycles. The molecule has 0 spiro atoms. The number of hydrogen-bond acceptors (Lipinski definition) is 4. The van der Waals surface area contributed by atoms with Crippen molar-refractivity contribution in [1.82, 2.24) is 10.3 Å². The summed E-state index contributed by atoms with van der Waals surface area (Å²) in [6.07, 6.45) is 0.824. The van der Waals surface area contributed by atoms with Crippen LogP contribution in [0.2, 0.25) is 0 Å². The fourth-order valence-corrected chi connectivity index (χ4v) is 1.91. The molecule has 2 heterocycles. The van der Waals surface area contributed by atoms with Gasteiger partial charge in [0.25, 0.3) is 0 Å². The zero-order chi connectivity index (χ0) is 12.3. The van der Waals surface area contributed by atoms with Crippen LogP contribution in [0.5, 0.6) is 0 Å². The van der Waals surface area contributed by atoms with E-state index in [0.29, 0.717) is 12.2 Å². The van der Waals surface area contributed by atoms with Crippen molar-refractivity contribution in [1.29, 1.82) is 0 Å². The third-order valence-corrected chi connectivity index (χ3v) is 2.88. The number of aryl methyl sites for hydroxylation is 1. The second kappa shape index (κ2) is 5.25. The maximum atomic E-state index is 11.9. The SMILES string of the molecule is CO[C@@H]1CN[C@H](C(=O)Nc2cccc(C)n2)C1. The number of aromatic nitrogens is 1. The van der Waals surface area contributed by atoms with Gasteiger partial charge >= 0.3 is 0 Å². The Balaban J connectivity index is 1.93. The van der Waals surface area contributed by atoms with E-state index in [4.69, 9.17) is 4.74 Å². The fraction of sp³-hybridized carbons (Fsp3) is 0.500. The Morgan fingerprint density at radius 3 is 3.06 bits per heavy atom. The van der Waals surface area contributed by atoms with Crippen LogP contribution >= 0.6 is 0 Å². The molecule has 1 amide bonds. The highest BCUT2D eigenvalue weighted by Crippen LogP contribution is 2.12. The molecule has 0 radical (unpaired) electrons. The lowest BCUT2D eigenvalue weighted by molar-refractivity contribution is -0.118. The quantitative estimate of drug-likeness (QED) is 0.809. The van der Waals surface area contributed by atoms with Gasteiger partial charge in [0.05, 0.1) is 12.1 Å². The van der Waals surface area contributed by atoms with Crippen molar-refractivity contribution in [3.63, 3.8) is 0 Å². The van der Waals surface area contributed by atoms with Gasteiger partial charge in [0.1, 0.15) is 5.82 Å². The molecular weight excluding hydrogens is 218 g/mol. The number of anilines is 1. The monoisotopic (exact) mass is 235 g/mol. The Kier molecular flexibility index (Phi) is 3.71. The van der Waals surface area contributed by atoms with E-state index >= 15 is 0 Å². The predicted octanol–water partition coefficient (Wildman–Crippen LogP) is 0.705. The first-order chi connectivity index (χ1) is 8.19. The van der Waals surface area contributed by atoms with Gasteiger partial charge in [0.2, 0.25) is 5.91 Å². The Morgan fingerprint density at radius 1 is 1.59 bits per heavy atom. The van der Waals surface area contributed by atoms with Crippen molar-refractivity contribution in [3.8, 4) is 0 Å². The molecule has 1 aromatic rings. The summed E-state index contributed by atoms with van der Waals surface area (Å²) in [4.78, 5) is 16.2. The van der Waals surface area contributed by atoms with Gasteiger partial charge in [-0.1, -0.05) is 6.07 Å². The van der Waals surface area contributed by atoms with E-state index in [1.54, 1.807) is 13.2 Å². The van der Waals surface area contributed by atoms with E-state index < -0.39 is 0 Å². The molecule has 5 nitrogen and oxygen atoms in total. The Morgan fingerprint density at radius 2 is 2.41 bits per heavy atom. The van der Waals surface area contributed by atoms with Crippen LogP contribution in [0.4, 0.5) is 5.82 Å². The van der Waals surface area contributed by atoms with E-state index in [0.717, 1.165) is 12.2 Å². The first-order valence-electron chi connectivity index (χ1n) is 5.69. The predicted molar refractivity (Wildman–Crippen MR) is 64.8 cm³/mol. The molecule has 0 bridgehead atoms. The maximum Gasteiger partial charge on any atom is 0.242 e. The minimum absolute atomic E-state index is 0.0531. The van der Waals surface area contributed by atoms with Crippen LogP contribution in [0.3, 0.4) is 0 Å². The molecule has 1 aromatic heterocycles. The Labute approximate surface area is 101 Å². The molecule has 2 atom stereocenters. The van der Waals surface area contributed by atoms with E-state index in [1.807, 2.05) is 19.1 Å². The third-order valence-electron chi connectivity index (χ3n) is 2.88. The van der Waals surface area contributed by atoms with E-state index in [9.17, 15) is 4.79 Å². The number of ether oxygens (including phenoxy) is 1. The second-order valence-corrected chi connectivity index (χ2v) is 4.21. The lowest BCUT2D eigenvalue weighted by Crippen LogP contribution is -2.35. The lowest BCUT2D eigenvalue weighted by Gasteiger charge is -2.10. The molecule has 2 N–H and O–H groups in total. The first kappa shape index (κ1) is 12.0. The molecule has 0 aliphatic carbocycles. The Bertz CT molecular complexity index is 408. The van der Waals surface area contributed by atoms with Crippen molar-refractivity contribution >= 4 is 11.7 Å². The minimum atomic E-state index is -0.192. The molecule has 5 heteroatoms. The Hall–Kier alpha value is -1.46. The summed E-state index contributed by atoms with van der Waals surface area (Å²) in [6, 6.07) is 5.36. The van der Waals surface area contributed by atoms with Crippen molar-refractivity contribution in [2.24, 2.45) is 0 Å². The number of methoxy groups -OCH3 is 1. The summed E-state index contributed by atoms with van der Waals surface area (Å²) in [5.74, 6) is 0.542. The zero-order valence-electron chi connectivity index (χ0n) is 10.1. The first-order valence-corrected chi connectivity index (χ1v) is 5.69. The van der Waals surface area contributed by atoms with Gasteiger partial charge in [-0.15, -0.1) is 0 Å². The van der Waals surface area contributed by atoms with Crippen LogP contribution in [0.15, 0.2) is 18.2 Å². The van der Waals surface area contributed by atoms with Gasteiger partial charge in [0.15, 0.2) is 0 Å². The average Bonchev–Trinajstić information content (AvgIpc) is 2.77. The van der Waals surface area contributed by atoms with Gasteiger partial charge < -0.3 is 15.4 Å². The average molecular weight is 235 g/mol. The van der Waals surface area contributed by atoms with Gasteiger partial charge in [-0.3, -0.25) is 4.79 Å². The van der Waals surface area contributed by atoms with Crippen LogP contribution in [0, 0.1) is 6.92 Å². The number of hydrogen-bond donors (Lipinski definition) is 2. The molecule has 1 fully saturated rings. The van der Waals surface area contributed by atoms with Gasteiger partial charge in [-0.2, -0.15) is 0 Å². The number of nitrogens with one attached hydrogen (secondary N) is 2. The molecule has 2 rings (SSSR count). The molecule has 17 heavy (non-hydrogen) atoms. The summed E-state index contributed by atoms with van der Waals surface area (Å²) in [5.41, 5.74) is 0.886. The molecule has 1 aliphatic rings. The molecule has 0 saturated carbocycles. The number of carbonyl (C=O) groups excluding carboxylic acids is 1. The topological polar surface area (TPSA) is 63.2 Å². The molecule has 0 aromatic carbocycles. The standard InChI is InChI=1S/C12H17N3O2/c1-8-4-3-5-11(14-8)15-12(16)10-6-9(17-2)7-13-10/h3-5,9-10,13H,6-7H2,1-2H3,(H,14,15,16)/t9-,10-/m0/s1. The summed E-state index contributed by atoms with van der Waals surface area (Å²) >= 11 is 0. The van der Waals surface area contributed by atoms with Crippen LogP contribution in [-0.4, -0.2) is 36.7 Å². The fourth-order valence-electron chi connectivity index (χ4n) is 1.91. The van der Waals surface area contributed by atoms with Crippen LogP contribution in [-0.2, 0) is 9.53 Å². The smallest absolute Gasteiger partial charge is 0.242 e. The van der Waals surface area contributed by atoms with Crippen molar-refractivity contribution in [2.45, 2.75) is 25.5 Å². The van der Waals surface area contributed by atoms with Crippen molar-refractivity contribution in [3.05, 3.63) is 23.9 Å². The normalized spacial score (nSPS) is 23.6. The summed E-state index contributed by atoms with van der Waals surface area (Å²) in [6.45, 7) is 2.61. The molecule has 1 aliphatic heterocycles. The van der Waals surface area contributed by atoms with Gasteiger partial charge in [0, 0.05) is 19.3 Å². The van der Waals surface area contributed by atoms with Crippen LogP contribution in [0.25, 0.3) is 0 Å². The highest BCUT2D eigenvalue weighted by Gasteiger charge is 2.29. The summed E-state index contributed by atoms with van der Waals surface area (Å²) < 4.78 is 5.20. The highest BCUT2D eigenvalue weighted by molar-refractivity contribution is 5.94. The third kappa shape index (κ3) is 3.01. The van der Waals surface area contributed by atoms with Crippen LogP contribution in [0.1, 0.15) is 12.1 Å². The number of carbonyl (C=O) groups is 1. The molecule has 0 unspecified atom stereocenters. The number of pyridine rings is 1. The number of rotatable bonds is 3. The highest BCUT2D eigenvalue weighted by atomic mass is 16.5. The zero-order valence-corrected chi connectivity index (χ0v) is 10.1. The lowest BCUT2D eigenvalue weighted by atomic mass is 10.2. The van der Waals surface area contributed by atoms with Crippen LogP contribution < -0.4 is 10.6 Å². The molecular formula is C12H17N3O2. The second-order valence-electron chi connectivity index (χ2n) is 4.21. The van der Waals surface area contributed by atoms with E-state index in [-0.39, 0.29) is 18.1 Å². The van der Waals surface area contributed by atoms with E-state index in [1.165, 1.54) is 0 Å². The maximum absolute atomic E-state index is 11.9. The van der Waals surface area contributed by atoms with E-state index in [2.05, 4.69) is 15.6 Å². The van der Waals surface area contributed by atoms with Gasteiger partial charge in [-0.25, -0.2) is 4.98 Å². The number of nitrogens with zero attached hydrogens (tertiary/aromatic N) is 1. The van der Waals surface area contributed by atoms with Gasteiger partial charge in [-0.05, 0) is 25.5 Å². The summed E-state index contributed by atoms with van der Waals surface area (Å²) in [5, 5.41) is 5.93. The summed E-state index contributed by atoms with van der Waals surface area (Å²) in [7, 11) is 1.66. The molecule has 92 valence electrons. The largest absolute Gasteiger partial charge is 0.380 e. The minimum Gasteiger partial charge on any atom is -0.380 e. The van der Waals surface area contributed by atoms with Crippen molar-refractivity contribution in [2.75, 3.05) is 19.0 Å². The van der Waals surface area contributed by atoms with Crippen molar-refractivity contribution < 1.29 is 9.53 Å².